The molecule has 4 heteroatoms. The molecule has 0 saturated carbocycles. The lowest BCUT2D eigenvalue weighted by Crippen LogP contribution is -2.34. The van der Waals surface area contributed by atoms with Crippen LogP contribution in [-0.2, 0) is 0 Å². The van der Waals surface area contributed by atoms with Gasteiger partial charge in [-0.3, -0.25) is 0 Å². The average Bonchev–Trinajstić information content (AvgIpc) is 2.35. The predicted molar refractivity (Wildman–Crippen MR) is 75.6 cm³/mol. The fourth-order valence-electron chi connectivity index (χ4n) is 1.71. The third kappa shape index (κ3) is 2.76. The molecule has 18 heavy (non-hydrogen) atoms. The van der Waals surface area contributed by atoms with Crippen LogP contribution in [0.2, 0.25) is 0 Å². The Kier molecular flexibility index (Phi) is 3.77. The Morgan fingerprint density at radius 3 is 2.39 bits per heavy atom. The van der Waals surface area contributed by atoms with Crippen molar-refractivity contribution in [2.75, 3.05) is 11.9 Å². The molecule has 0 fully saturated rings. The first-order valence-electron chi connectivity index (χ1n) is 6.30. The van der Waals surface area contributed by atoms with E-state index in [2.05, 4.69) is 29.1 Å². The molecule has 0 saturated heterocycles. The monoisotopic (exact) mass is 244 g/mol. The Hall–Kier alpha value is -1.68. The highest BCUT2D eigenvalue weighted by Gasteiger charge is 2.09. The SMILES string of the molecule is Cc1nc2ccccc2nc1NCC(N)C(C)C. The van der Waals surface area contributed by atoms with E-state index in [0.717, 1.165) is 22.5 Å². The first-order chi connectivity index (χ1) is 8.58. The van der Waals surface area contributed by atoms with Crippen molar-refractivity contribution in [3.05, 3.63) is 30.0 Å². The van der Waals surface area contributed by atoms with E-state index >= 15 is 0 Å². The smallest absolute Gasteiger partial charge is 0.148 e. The second-order valence-corrected chi connectivity index (χ2v) is 4.94. The van der Waals surface area contributed by atoms with Crippen LogP contribution >= 0.6 is 0 Å². The number of fused-ring (bicyclic) bond motifs is 1. The Morgan fingerprint density at radius 2 is 1.78 bits per heavy atom. The van der Waals surface area contributed by atoms with Gasteiger partial charge in [-0.2, -0.15) is 0 Å². The standard InChI is InChI=1S/C14H20N4/c1-9(2)11(15)8-16-14-10(3)17-12-6-4-5-7-13(12)18-14/h4-7,9,11H,8,15H2,1-3H3,(H,16,18). The fraction of sp³-hybridized carbons (Fsp3) is 0.429. The number of nitrogens with two attached hydrogens (primary N) is 1. The molecule has 0 amide bonds. The van der Waals surface area contributed by atoms with Gasteiger partial charge < -0.3 is 11.1 Å². The Balaban J connectivity index is 2.20. The first kappa shape index (κ1) is 12.8. The van der Waals surface area contributed by atoms with Crippen molar-refractivity contribution in [1.82, 2.24) is 9.97 Å². The van der Waals surface area contributed by atoms with Crippen LogP contribution in [0.4, 0.5) is 5.82 Å². The normalized spacial score (nSPS) is 12.9. The third-order valence-corrected chi connectivity index (χ3v) is 3.11. The Bertz CT molecular complexity index is 536. The van der Waals surface area contributed by atoms with Crippen LogP contribution in [-0.4, -0.2) is 22.6 Å². The third-order valence-electron chi connectivity index (χ3n) is 3.11. The lowest BCUT2D eigenvalue weighted by Gasteiger charge is -2.17. The minimum atomic E-state index is 0.123. The second kappa shape index (κ2) is 5.31. The predicted octanol–water partition coefficient (Wildman–Crippen LogP) is 2.33. The van der Waals surface area contributed by atoms with E-state index in [1.165, 1.54) is 0 Å². The van der Waals surface area contributed by atoms with E-state index in [4.69, 9.17) is 5.73 Å². The molecule has 0 aliphatic heterocycles. The zero-order valence-electron chi connectivity index (χ0n) is 11.1. The molecule has 1 aromatic heterocycles. The first-order valence-corrected chi connectivity index (χ1v) is 6.30. The van der Waals surface area contributed by atoms with Crippen molar-refractivity contribution >= 4 is 16.9 Å². The molecule has 1 unspecified atom stereocenters. The van der Waals surface area contributed by atoms with Gasteiger partial charge in [0, 0.05) is 12.6 Å². The van der Waals surface area contributed by atoms with Gasteiger partial charge in [0.05, 0.1) is 16.7 Å². The van der Waals surface area contributed by atoms with Gasteiger partial charge in [0.1, 0.15) is 5.82 Å². The molecule has 1 aromatic carbocycles. The van der Waals surface area contributed by atoms with E-state index in [1.807, 2.05) is 31.2 Å². The summed E-state index contributed by atoms with van der Waals surface area (Å²) in [5, 5.41) is 3.29. The van der Waals surface area contributed by atoms with E-state index < -0.39 is 0 Å². The minimum Gasteiger partial charge on any atom is -0.367 e. The summed E-state index contributed by atoms with van der Waals surface area (Å²) in [4.78, 5) is 9.11. The Labute approximate surface area is 108 Å². The van der Waals surface area contributed by atoms with Gasteiger partial charge in [0.2, 0.25) is 0 Å². The summed E-state index contributed by atoms with van der Waals surface area (Å²) < 4.78 is 0. The molecule has 0 bridgehead atoms. The van der Waals surface area contributed by atoms with E-state index in [0.29, 0.717) is 12.5 Å². The molecule has 1 heterocycles. The molecule has 96 valence electrons. The quantitative estimate of drug-likeness (QED) is 0.866. The molecule has 2 aromatic rings. The van der Waals surface area contributed by atoms with Gasteiger partial charge in [-0.25, -0.2) is 9.97 Å². The average molecular weight is 244 g/mol. The van der Waals surface area contributed by atoms with Gasteiger partial charge >= 0.3 is 0 Å². The molecule has 4 nitrogen and oxygen atoms in total. The van der Waals surface area contributed by atoms with Crippen molar-refractivity contribution in [1.29, 1.82) is 0 Å². The summed E-state index contributed by atoms with van der Waals surface area (Å²) in [6.07, 6.45) is 0. The van der Waals surface area contributed by atoms with Crippen LogP contribution in [0.5, 0.6) is 0 Å². The van der Waals surface area contributed by atoms with Gasteiger partial charge in [-0.05, 0) is 25.0 Å². The number of aromatic nitrogens is 2. The van der Waals surface area contributed by atoms with Crippen LogP contribution in [0.1, 0.15) is 19.5 Å². The molecule has 0 spiro atoms. The maximum Gasteiger partial charge on any atom is 0.148 e. The molecule has 1 atom stereocenters. The number of para-hydroxylation sites is 2. The minimum absolute atomic E-state index is 0.123. The number of rotatable bonds is 4. The van der Waals surface area contributed by atoms with Crippen molar-refractivity contribution in [2.45, 2.75) is 26.8 Å². The molecular weight excluding hydrogens is 224 g/mol. The van der Waals surface area contributed by atoms with Crippen LogP contribution in [0.3, 0.4) is 0 Å². The van der Waals surface area contributed by atoms with Crippen LogP contribution in [0.25, 0.3) is 11.0 Å². The highest BCUT2D eigenvalue weighted by Crippen LogP contribution is 2.16. The second-order valence-electron chi connectivity index (χ2n) is 4.94. The van der Waals surface area contributed by atoms with Crippen LogP contribution < -0.4 is 11.1 Å². The molecule has 0 radical (unpaired) electrons. The number of anilines is 1. The number of nitrogens with one attached hydrogen (secondary N) is 1. The molecular formula is C14H20N4. The lowest BCUT2D eigenvalue weighted by atomic mass is 10.1. The maximum atomic E-state index is 6.02. The van der Waals surface area contributed by atoms with E-state index in [-0.39, 0.29) is 6.04 Å². The number of benzene rings is 1. The van der Waals surface area contributed by atoms with Gasteiger partial charge in [-0.15, -0.1) is 0 Å². The molecule has 0 aliphatic carbocycles. The zero-order valence-corrected chi connectivity index (χ0v) is 11.1. The molecule has 3 N–H and O–H groups in total. The summed E-state index contributed by atoms with van der Waals surface area (Å²) in [6, 6.07) is 8.00. The largest absolute Gasteiger partial charge is 0.367 e. The van der Waals surface area contributed by atoms with Gasteiger partial charge in [0.25, 0.3) is 0 Å². The topological polar surface area (TPSA) is 63.8 Å². The molecule has 0 aliphatic rings. The van der Waals surface area contributed by atoms with E-state index in [9.17, 15) is 0 Å². The fourth-order valence-corrected chi connectivity index (χ4v) is 1.71. The van der Waals surface area contributed by atoms with Crippen molar-refractivity contribution < 1.29 is 0 Å². The van der Waals surface area contributed by atoms with E-state index in [1.54, 1.807) is 0 Å². The van der Waals surface area contributed by atoms with Gasteiger partial charge in [0.15, 0.2) is 0 Å². The summed E-state index contributed by atoms with van der Waals surface area (Å²) in [7, 11) is 0. The number of nitrogens with zero attached hydrogens (tertiary/aromatic N) is 2. The highest BCUT2D eigenvalue weighted by atomic mass is 15.0. The number of hydrogen-bond acceptors (Lipinski definition) is 4. The Morgan fingerprint density at radius 1 is 1.17 bits per heavy atom. The lowest BCUT2D eigenvalue weighted by molar-refractivity contribution is 0.511. The maximum absolute atomic E-state index is 6.02. The summed E-state index contributed by atoms with van der Waals surface area (Å²) in [6.45, 7) is 6.91. The molecule has 2 rings (SSSR count). The van der Waals surface area contributed by atoms with Crippen LogP contribution in [0, 0.1) is 12.8 Å². The van der Waals surface area contributed by atoms with Crippen LogP contribution in [0.15, 0.2) is 24.3 Å². The summed E-state index contributed by atoms with van der Waals surface area (Å²) in [5.41, 5.74) is 8.75. The summed E-state index contributed by atoms with van der Waals surface area (Å²) >= 11 is 0. The van der Waals surface area contributed by atoms with Crippen molar-refractivity contribution in [2.24, 2.45) is 11.7 Å². The zero-order chi connectivity index (χ0) is 13.1. The van der Waals surface area contributed by atoms with Crippen molar-refractivity contribution in [3.63, 3.8) is 0 Å². The number of hydrogen-bond donors (Lipinski definition) is 2. The van der Waals surface area contributed by atoms with Gasteiger partial charge in [-0.1, -0.05) is 26.0 Å². The van der Waals surface area contributed by atoms with Crippen molar-refractivity contribution in [3.8, 4) is 0 Å². The highest BCUT2D eigenvalue weighted by molar-refractivity contribution is 5.76. The summed E-state index contributed by atoms with van der Waals surface area (Å²) in [5.74, 6) is 1.27. The number of aryl methyl sites for hydroxylation is 1.